The first-order valence-electron chi connectivity index (χ1n) is 6.21. The highest BCUT2D eigenvalue weighted by atomic mass is 19.2. The van der Waals surface area contributed by atoms with E-state index in [4.69, 9.17) is 5.73 Å². The zero-order chi connectivity index (χ0) is 13.4. The Morgan fingerprint density at radius 1 is 1.11 bits per heavy atom. The van der Waals surface area contributed by atoms with Crippen molar-refractivity contribution in [2.45, 2.75) is 13.0 Å². The molecule has 0 spiro atoms. The van der Waals surface area contributed by atoms with Crippen LogP contribution in [0.4, 0.5) is 20.2 Å². The molecule has 2 nitrogen and oxygen atoms in total. The van der Waals surface area contributed by atoms with Crippen molar-refractivity contribution in [2.75, 3.05) is 17.2 Å². The summed E-state index contributed by atoms with van der Waals surface area (Å²) >= 11 is 0. The predicted molar refractivity (Wildman–Crippen MR) is 72.0 cm³/mol. The van der Waals surface area contributed by atoms with E-state index in [1.54, 1.807) is 6.07 Å². The molecule has 0 aliphatic carbocycles. The first kappa shape index (κ1) is 12.0. The smallest absolute Gasteiger partial charge is 0.159 e. The van der Waals surface area contributed by atoms with E-state index in [2.05, 4.69) is 4.90 Å². The normalized spacial score (nSPS) is 13.7. The fraction of sp³-hybridized carbons (Fsp3) is 0.200. The molecule has 0 radical (unpaired) electrons. The molecule has 0 saturated carbocycles. The molecule has 4 heteroatoms. The number of hydrogen-bond donors (Lipinski definition) is 1. The van der Waals surface area contributed by atoms with Crippen molar-refractivity contribution in [3.05, 3.63) is 59.2 Å². The molecular weight excluding hydrogens is 246 g/mol. The Morgan fingerprint density at radius 2 is 1.95 bits per heavy atom. The van der Waals surface area contributed by atoms with Crippen LogP contribution in [0.1, 0.15) is 11.1 Å². The van der Waals surface area contributed by atoms with Gasteiger partial charge in [-0.05, 0) is 36.2 Å². The lowest BCUT2D eigenvalue weighted by Crippen LogP contribution is -2.19. The zero-order valence-corrected chi connectivity index (χ0v) is 10.4. The van der Waals surface area contributed by atoms with Crippen molar-refractivity contribution < 1.29 is 8.78 Å². The predicted octanol–water partition coefficient (Wildman–Crippen LogP) is 3.11. The fourth-order valence-corrected chi connectivity index (χ4v) is 2.55. The molecule has 3 rings (SSSR count). The SMILES string of the molecule is Nc1cccc2c1CCN2Cc1ccc(F)c(F)c1. The maximum Gasteiger partial charge on any atom is 0.159 e. The van der Waals surface area contributed by atoms with Gasteiger partial charge in [0, 0.05) is 30.0 Å². The van der Waals surface area contributed by atoms with Gasteiger partial charge in [0.2, 0.25) is 0 Å². The number of nitrogen functional groups attached to an aromatic ring is 1. The lowest BCUT2D eigenvalue weighted by molar-refractivity contribution is 0.507. The van der Waals surface area contributed by atoms with E-state index in [-0.39, 0.29) is 0 Å². The Morgan fingerprint density at radius 3 is 2.74 bits per heavy atom. The van der Waals surface area contributed by atoms with Crippen molar-refractivity contribution in [2.24, 2.45) is 0 Å². The van der Waals surface area contributed by atoms with Gasteiger partial charge in [-0.1, -0.05) is 12.1 Å². The molecule has 0 bridgehead atoms. The molecule has 98 valence electrons. The second kappa shape index (κ2) is 4.53. The number of anilines is 2. The van der Waals surface area contributed by atoms with E-state index in [0.717, 1.165) is 35.5 Å². The van der Waals surface area contributed by atoms with Gasteiger partial charge in [-0.3, -0.25) is 0 Å². The first-order valence-corrected chi connectivity index (χ1v) is 6.21. The van der Waals surface area contributed by atoms with Gasteiger partial charge in [-0.25, -0.2) is 8.78 Å². The third-order valence-corrected chi connectivity index (χ3v) is 3.52. The average Bonchev–Trinajstić information content (AvgIpc) is 2.79. The topological polar surface area (TPSA) is 29.3 Å². The molecule has 19 heavy (non-hydrogen) atoms. The van der Waals surface area contributed by atoms with E-state index >= 15 is 0 Å². The number of fused-ring (bicyclic) bond motifs is 1. The molecule has 1 heterocycles. The summed E-state index contributed by atoms with van der Waals surface area (Å²) in [6, 6.07) is 9.85. The molecule has 0 aromatic heterocycles. The minimum atomic E-state index is -0.810. The van der Waals surface area contributed by atoms with E-state index in [0.29, 0.717) is 6.54 Å². The van der Waals surface area contributed by atoms with Gasteiger partial charge in [0.05, 0.1) is 0 Å². The van der Waals surface area contributed by atoms with E-state index < -0.39 is 11.6 Å². The maximum atomic E-state index is 13.2. The lowest BCUT2D eigenvalue weighted by Gasteiger charge is -2.19. The van der Waals surface area contributed by atoms with Crippen LogP contribution in [0.3, 0.4) is 0 Å². The number of hydrogen-bond acceptors (Lipinski definition) is 2. The molecule has 0 fully saturated rings. The molecule has 2 N–H and O–H groups in total. The number of nitrogens with zero attached hydrogens (tertiary/aromatic N) is 1. The van der Waals surface area contributed by atoms with Gasteiger partial charge in [-0.2, -0.15) is 0 Å². The van der Waals surface area contributed by atoms with Crippen molar-refractivity contribution in [1.29, 1.82) is 0 Å². The van der Waals surface area contributed by atoms with Gasteiger partial charge in [-0.15, -0.1) is 0 Å². The standard InChI is InChI=1S/C15H14F2N2/c16-12-5-4-10(8-13(12)17)9-19-7-6-11-14(18)2-1-3-15(11)19/h1-5,8H,6-7,9,18H2. The highest BCUT2D eigenvalue weighted by Crippen LogP contribution is 2.33. The molecular formula is C15H14F2N2. The lowest BCUT2D eigenvalue weighted by atomic mass is 10.1. The molecule has 0 atom stereocenters. The quantitative estimate of drug-likeness (QED) is 0.841. The summed E-state index contributed by atoms with van der Waals surface area (Å²) in [6.45, 7) is 1.41. The first-order chi connectivity index (χ1) is 9.15. The van der Waals surface area contributed by atoms with E-state index in [9.17, 15) is 8.78 Å². The molecule has 2 aromatic carbocycles. The summed E-state index contributed by atoms with van der Waals surface area (Å²) in [4.78, 5) is 2.14. The van der Waals surface area contributed by atoms with Gasteiger partial charge in [0.15, 0.2) is 11.6 Å². The summed E-state index contributed by atoms with van der Waals surface area (Å²) in [5.74, 6) is -1.61. The Balaban J connectivity index is 1.86. The number of halogens is 2. The fourth-order valence-electron chi connectivity index (χ4n) is 2.55. The largest absolute Gasteiger partial charge is 0.398 e. The minimum Gasteiger partial charge on any atom is -0.398 e. The maximum absolute atomic E-state index is 13.2. The van der Waals surface area contributed by atoms with Crippen LogP contribution < -0.4 is 10.6 Å². The van der Waals surface area contributed by atoms with Crippen molar-refractivity contribution >= 4 is 11.4 Å². The third kappa shape index (κ3) is 2.14. The van der Waals surface area contributed by atoms with Crippen LogP contribution in [0.25, 0.3) is 0 Å². The Kier molecular flexibility index (Phi) is 2.85. The Hall–Kier alpha value is -2.10. The summed E-state index contributed by atoms with van der Waals surface area (Å²) in [7, 11) is 0. The summed E-state index contributed by atoms with van der Waals surface area (Å²) < 4.78 is 26.1. The van der Waals surface area contributed by atoms with Crippen LogP contribution in [0.15, 0.2) is 36.4 Å². The van der Waals surface area contributed by atoms with Crippen molar-refractivity contribution in [3.8, 4) is 0 Å². The molecule has 1 aliphatic rings. The monoisotopic (exact) mass is 260 g/mol. The van der Waals surface area contributed by atoms with Crippen LogP contribution >= 0.6 is 0 Å². The second-order valence-corrected chi connectivity index (χ2v) is 4.76. The van der Waals surface area contributed by atoms with Gasteiger partial charge < -0.3 is 10.6 Å². The molecule has 2 aromatic rings. The number of rotatable bonds is 2. The van der Waals surface area contributed by atoms with Crippen LogP contribution in [0.2, 0.25) is 0 Å². The van der Waals surface area contributed by atoms with Crippen LogP contribution in [-0.2, 0) is 13.0 Å². The average molecular weight is 260 g/mol. The van der Waals surface area contributed by atoms with Gasteiger partial charge >= 0.3 is 0 Å². The van der Waals surface area contributed by atoms with E-state index in [1.807, 2.05) is 18.2 Å². The third-order valence-electron chi connectivity index (χ3n) is 3.52. The second-order valence-electron chi connectivity index (χ2n) is 4.76. The Bertz CT molecular complexity index is 626. The Labute approximate surface area is 110 Å². The molecule has 0 amide bonds. The minimum absolute atomic E-state index is 0.563. The summed E-state index contributed by atoms with van der Waals surface area (Å²) in [5.41, 5.74) is 9.72. The molecule has 1 aliphatic heterocycles. The van der Waals surface area contributed by atoms with Crippen LogP contribution in [0, 0.1) is 11.6 Å². The zero-order valence-electron chi connectivity index (χ0n) is 10.4. The highest BCUT2D eigenvalue weighted by Gasteiger charge is 2.20. The molecule has 0 unspecified atom stereocenters. The molecule has 0 saturated heterocycles. The van der Waals surface area contributed by atoms with Crippen LogP contribution in [0.5, 0.6) is 0 Å². The number of nitrogens with two attached hydrogens (primary N) is 1. The van der Waals surface area contributed by atoms with Gasteiger partial charge in [0.1, 0.15) is 0 Å². The van der Waals surface area contributed by atoms with Crippen molar-refractivity contribution in [3.63, 3.8) is 0 Å². The summed E-state index contributed by atoms with van der Waals surface area (Å²) in [5, 5.41) is 0. The van der Waals surface area contributed by atoms with Crippen LogP contribution in [-0.4, -0.2) is 6.54 Å². The number of benzene rings is 2. The highest BCUT2D eigenvalue weighted by molar-refractivity contribution is 5.68. The van der Waals surface area contributed by atoms with Gasteiger partial charge in [0.25, 0.3) is 0 Å². The van der Waals surface area contributed by atoms with E-state index in [1.165, 1.54) is 12.1 Å². The summed E-state index contributed by atoms with van der Waals surface area (Å²) in [6.07, 6.45) is 0.895. The van der Waals surface area contributed by atoms with Crippen molar-refractivity contribution in [1.82, 2.24) is 0 Å².